The van der Waals surface area contributed by atoms with Crippen molar-refractivity contribution in [3.05, 3.63) is 30.1 Å². The Morgan fingerprint density at radius 3 is 2.90 bits per heavy atom. The van der Waals surface area contributed by atoms with Gasteiger partial charge in [0.25, 0.3) is 0 Å². The van der Waals surface area contributed by atoms with Crippen LogP contribution in [0.25, 0.3) is 11.2 Å². The van der Waals surface area contributed by atoms with Crippen LogP contribution >= 0.6 is 0 Å². The quantitative estimate of drug-likeness (QED) is 0.754. The number of aromatic nitrogens is 6. The Hall–Kier alpha value is -2.44. The fraction of sp³-hybridized carbons (Fsp3) is 0.385. The first-order chi connectivity index (χ1) is 9.63. The van der Waals surface area contributed by atoms with Crippen LogP contribution in [-0.2, 0) is 6.54 Å². The minimum atomic E-state index is 0.189. The van der Waals surface area contributed by atoms with Gasteiger partial charge in [-0.1, -0.05) is 0 Å². The number of aryl methyl sites for hydroxylation is 2. The number of H-pyrrole nitrogens is 1. The number of hydrogen-bond acceptors (Lipinski definition) is 5. The monoisotopic (exact) mass is 271 g/mol. The van der Waals surface area contributed by atoms with Crippen molar-refractivity contribution in [2.75, 3.05) is 5.32 Å². The fourth-order valence-electron chi connectivity index (χ4n) is 2.27. The number of nitrogens with zero attached hydrogens (tertiary/aromatic N) is 5. The largest absolute Gasteiger partial charge is 0.364 e. The molecular formula is C13H17N7. The Morgan fingerprint density at radius 1 is 1.30 bits per heavy atom. The summed E-state index contributed by atoms with van der Waals surface area (Å²) in [6.45, 7) is 6.94. The average Bonchev–Trinajstić information content (AvgIpc) is 2.97. The fourth-order valence-corrected chi connectivity index (χ4v) is 2.27. The molecule has 7 heteroatoms. The Morgan fingerprint density at radius 2 is 2.15 bits per heavy atom. The van der Waals surface area contributed by atoms with Crippen LogP contribution in [0.4, 0.5) is 5.82 Å². The molecule has 0 spiro atoms. The third-order valence-corrected chi connectivity index (χ3v) is 3.16. The molecule has 20 heavy (non-hydrogen) atoms. The normalized spacial score (nSPS) is 12.8. The summed E-state index contributed by atoms with van der Waals surface area (Å²) >= 11 is 0. The lowest BCUT2D eigenvalue weighted by Crippen LogP contribution is -2.24. The topological polar surface area (TPSA) is 84.3 Å². The van der Waals surface area contributed by atoms with E-state index in [0.29, 0.717) is 5.65 Å². The number of rotatable bonds is 4. The third kappa shape index (κ3) is 2.34. The van der Waals surface area contributed by atoms with E-state index in [1.54, 1.807) is 6.33 Å². The van der Waals surface area contributed by atoms with Gasteiger partial charge in [0.1, 0.15) is 11.8 Å². The van der Waals surface area contributed by atoms with Crippen molar-refractivity contribution in [2.24, 2.45) is 0 Å². The van der Waals surface area contributed by atoms with Gasteiger partial charge in [0.15, 0.2) is 11.5 Å². The van der Waals surface area contributed by atoms with Gasteiger partial charge in [0.2, 0.25) is 0 Å². The summed E-state index contributed by atoms with van der Waals surface area (Å²) in [5.41, 5.74) is 3.69. The zero-order chi connectivity index (χ0) is 14.1. The summed E-state index contributed by atoms with van der Waals surface area (Å²) < 4.78 is 2.00. The molecule has 3 heterocycles. The molecule has 0 fully saturated rings. The van der Waals surface area contributed by atoms with Gasteiger partial charge in [-0.3, -0.25) is 4.68 Å². The molecule has 0 amide bonds. The number of nitrogens with one attached hydrogen (secondary N) is 2. The molecule has 3 aromatic heterocycles. The van der Waals surface area contributed by atoms with E-state index >= 15 is 0 Å². The standard InChI is InChI=1S/C13H17N7/c1-8-4-10(3)20(19-8)5-9(2)18-13-11-12(15-6-14-11)16-7-17-13/h4,6-7,9H,5H2,1-3H3,(H2,14,15,16,17,18). The Kier molecular flexibility index (Phi) is 3.09. The van der Waals surface area contributed by atoms with Crippen molar-refractivity contribution >= 4 is 17.0 Å². The van der Waals surface area contributed by atoms with Gasteiger partial charge in [-0.05, 0) is 26.8 Å². The van der Waals surface area contributed by atoms with Crippen LogP contribution in [0.15, 0.2) is 18.7 Å². The van der Waals surface area contributed by atoms with Crippen LogP contribution in [0.5, 0.6) is 0 Å². The van der Waals surface area contributed by atoms with Gasteiger partial charge in [-0.25, -0.2) is 15.0 Å². The summed E-state index contributed by atoms with van der Waals surface area (Å²) in [6, 6.07) is 2.26. The predicted octanol–water partition coefficient (Wildman–Crippen LogP) is 1.67. The maximum atomic E-state index is 4.47. The minimum absolute atomic E-state index is 0.189. The first-order valence-electron chi connectivity index (χ1n) is 6.55. The zero-order valence-corrected chi connectivity index (χ0v) is 11.8. The summed E-state index contributed by atoms with van der Waals surface area (Å²) in [7, 11) is 0. The smallest absolute Gasteiger partial charge is 0.182 e. The van der Waals surface area contributed by atoms with Gasteiger partial charge in [0.05, 0.1) is 18.6 Å². The average molecular weight is 271 g/mol. The molecule has 7 nitrogen and oxygen atoms in total. The predicted molar refractivity (Wildman–Crippen MR) is 76.5 cm³/mol. The molecule has 1 atom stereocenters. The van der Waals surface area contributed by atoms with Crippen molar-refractivity contribution < 1.29 is 0 Å². The lowest BCUT2D eigenvalue weighted by Gasteiger charge is -2.15. The number of aromatic amines is 1. The van der Waals surface area contributed by atoms with Crippen LogP contribution in [-0.4, -0.2) is 35.8 Å². The Bertz CT molecular complexity index is 727. The zero-order valence-electron chi connectivity index (χ0n) is 11.8. The Balaban J connectivity index is 1.77. The lowest BCUT2D eigenvalue weighted by atomic mass is 10.3. The number of hydrogen-bond donors (Lipinski definition) is 2. The minimum Gasteiger partial charge on any atom is -0.364 e. The Labute approximate surface area is 116 Å². The highest BCUT2D eigenvalue weighted by atomic mass is 15.3. The molecule has 104 valence electrons. The lowest BCUT2D eigenvalue weighted by molar-refractivity contribution is 0.545. The number of anilines is 1. The molecule has 0 aliphatic carbocycles. The molecule has 0 bridgehead atoms. The van der Waals surface area contributed by atoms with Crippen LogP contribution in [0.2, 0.25) is 0 Å². The van der Waals surface area contributed by atoms with E-state index in [4.69, 9.17) is 0 Å². The molecule has 3 rings (SSSR count). The molecule has 1 unspecified atom stereocenters. The molecule has 0 radical (unpaired) electrons. The van der Waals surface area contributed by atoms with Gasteiger partial charge >= 0.3 is 0 Å². The molecule has 0 aliphatic rings. The van der Waals surface area contributed by atoms with Crippen LogP contribution in [0.3, 0.4) is 0 Å². The van der Waals surface area contributed by atoms with E-state index < -0.39 is 0 Å². The molecule has 2 N–H and O–H groups in total. The highest BCUT2D eigenvalue weighted by molar-refractivity contribution is 5.81. The molecule has 3 aromatic rings. The van der Waals surface area contributed by atoms with E-state index in [9.17, 15) is 0 Å². The number of fused-ring (bicyclic) bond motifs is 1. The maximum absolute atomic E-state index is 4.47. The van der Waals surface area contributed by atoms with Crippen LogP contribution in [0, 0.1) is 13.8 Å². The van der Waals surface area contributed by atoms with Gasteiger partial charge < -0.3 is 10.3 Å². The molecular weight excluding hydrogens is 254 g/mol. The van der Waals surface area contributed by atoms with Gasteiger partial charge in [-0.15, -0.1) is 0 Å². The van der Waals surface area contributed by atoms with E-state index in [-0.39, 0.29) is 6.04 Å². The highest BCUT2D eigenvalue weighted by Gasteiger charge is 2.11. The first kappa shape index (κ1) is 12.6. The second kappa shape index (κ2) is 4.92. The molecule has 0 saturated carbocycles. The second-order valence-corrected chi connectivity index (χ2v) is 4.98. The van der Waals surface area contributed by atoms with Crippen molar-refractivity contribution in [2.45, 2.75) is 33.4 Å². The summed E-state index contributed by atoms with van der Waals surface area (Å²) in [4.78, 5) is 15.5. The summed E-state index contributed by atoms with van der Waals surface area (Å²) in [5, 5.41) is 7.84. The molecule has 0 aliphatic heterocycles. The summed E-state index contributed by atoms with van der Waals surface area (Å²) in [6.07, 6.45) is 3.14. The second-order valence-electron chi connectivity index (χ2n) is 4.98. The van der Waals surface area contributed by atoms with E-state index in [1.165, 1.54) is 6.33 Å². The van der Waals surface area contributed by atoms with Crippen molar-refractivity contribution in [3.63, 3.8) is 0 Å². The first-order valence-corrected chi connectivity index (χ1v) is 6.55. The summed E-state index contributed by atoms with van der Waals surface area (Å²) in [5.74, 6) is 0.765. The van der Waals surface area contributed by atoms with Crippen molar-refractivity contribution in [3.8, 4) is 0 Å². The van der Waals surface area contributed by atoms with Crippen LogP contribution < -0.4 is 5.32 Å². The van der Waals surface area contributed by atoms with E-state index in [2.05, 4.69) is 50.3 Å². The highest BCUT2D eigenvalue weighted by Crippen LogP contribution is 2.15. The van der Waals surface area contributed by atoms with Crippen LogP contribution in [0.1, 0.15) is 18.3 Å². The number of imidazole rings is 1. The van der Waals surface area contributed by atoms with E-state index in [0.717, 1.165) is 29.3 Å². The molecule has 0 aromatic carbocycles. The van der Waals surface area contributed by atoms with Crippen molar-refractivity contribution in [1.82, 2.24) is 29.7 Å². The van der Waals surface area contributed by atoms with Gasteiger partial charge in [-0.2, -0.15) is 5.10 Å². The van der Waals surface area contributed by atoms with E-state index in [1.807, 2.05) is 11.6 Å². The van der Waals surface area contributed by atoms with Crippen molar-refractivity contribution in [1.29, 1.82) is 0 Å². The third-order valence-electron chi connectivity index (χ3n) is 3.16. The SMILES string of the molecule is Cc1cc(C)n(CC(C)Nc2ncnc3nc[nH]c23)n1. The van der Waals surface area contributed by atoms with Gasteiger partial charge in [0, 0.05) is 11.7 Å². The molecule has 0 saturated heterocycles. The maximum Gasteiger partial charge on any atom is 0.182 e.